The Bertz CT molecular complexity index is 219. The van der Waals surface area contributed by atoms with Crippen LogP contribution in [0.5, 0.6) is 0 Å². The predicted molar refractivity (Wildman–Crippen MR) is 63.9 cm³/mol. The van der Waals surface area contributed by atoms with Crippen molar-refractivity contribution in [2.75, 3.05) is 33.0 Å². The van der Waals surface area contributed by atoms with Crippen LogP contribution in [0.1, 0.15) is 26.7 Å². The first-order valence-electron chi connectivity index (χ1n) is 6.36. The summed E-state index contributed by atoms with van der Waals surface area (Å²) in [7, 11) is 0. The van der Waals surface area contributed by atoms with Crippen LogP contribution in [0, 0.1) is 0 Å². The molecule has 100 valence electrons. The van der Waals surface area contributed by atoms with Crippen LogP contribution in [0.3, 0.4) is 0 Å². The summed E-state index contributed by atoms with van der Waals surface area (Å²) in [6.07, 6.45) is 2.27. The van der Waals surface area contributed by atoms with E-state index in [4.69, 9.17) is 14.2 Å². The molecule has 0 heterocycles. The van der Waals surface area contributed by atoms with Crippen molar-refractivity contribution in [3.05, 3.63) is 0 Å². The quantitative estimate of drug-likeness (QED) is 0.454. The standard InChI is InChI=1S/C12H23NO4/c1-3-15-7-8-16-9-11(12(14)17-4-2)13-10-5-6-10/h10-11,13H,3-9H2,1-2H3. The van der Waals surface area contributed by atoms with E-state index in [1.165, 1.54) is 0 Å². The van der Waals surface area contributed by atoms with Gasteiger partial charge in [0.25, 0.3) is 0 Å². The lowest BCUT2D eigenvalue weighted by Crippen LogP contribution is -2.43. The SMILES string of the molecule is CCOCCOCC(NC1CC1)C(=O)OCC. The van der Waals surface area contributed by atoms with Crippen LogP contribution in [0.4, 0.5) is 0 Å². The normalized spacial score (nSPS) is 16.8. The van der Waals surface area contributed by atoms with E-state index in [0.29, 0.717) is 39.1 Å². The van der Waals surface area contributed by atoms with Crippen molar-refractivity contribution in [1.82, 2.24) is 5.32 Å². The van der Waals surface area contributed by atoms with E-state index in [-0.39, 0.29) is 12.0 Å². The van der Waals surface area contributed by atoms with Gasteiger partial charge in [-0.3, -0.25) is 10.1 Å². The smallest absolute Gasteiger partial charge is 0.325 e. The lowest BCUT2D eigenvalue weighted by atomic mass is 10.3. The van der Waals surface area contributed by atoms with Crippen LogP contribution in [-0.4, -0.2) is 51.1 Å². The molecule has 0 saturated heterocycles. The molecule has 1 aliphatic carbocycles. The fourth-order valence-electron chi connectivity index (χ4n) is 1.42. The van der Waals surface area contributed by atoms with Gasteiger partial charge >= 0.3 is 5.97 Å². The van der Waals surface area contributed by atoms with Crippen molar-refractivity contribution >= 4 is 5.97 Å². The fourth-order valence-corrected chi connectivity index (χ4v) is 1.42. The van der Waals surface area contributed by atoms with Gasteiger partial charge in [0.1, 0.15) is 6.04 Å². The first-order chi connectivity index (χ1) is 8.27. The summed E-state index contributed by atoms with van der Waals surface area (Å²) in [6, 6.07) is 0.115. The van der Waals surface area contributed by atoms with E-state index >= 15 is 0 Å². The number of carbonyl (C=O) groups excluding carboxylic acids is 1. The molecule has 0 radical (unpaired) electrons. The Morgan fingerprint density at radius 3 is 2.53 bits per heavy atom. The van der Waals surface area contributed by atoms with E-state index in [1.54, 1.807) is 0 Å². The minimum absolute atomic E-state index is 0.226. The molecule has 5 nitrogen and oxygen atoms in total. The first-order valence-corrected chi connectivity index (χ1v) is 6.36. The second kappa shape index (κ2) is 8.44. The van der Waals surface area contributed by atoms with Crippen molar-refractivity contribution in [2.24, 2.45) is 0 Å². The van der Waals surface area contributed by atoms with Crippen molar-refractivity contribution < 1.29 is 19.0 Å². The van der Waals surface area contributed by atoms with Gasteiger partial charge < -0.3 is 14.2 Å². The van der Waals surface area contributed by atoms with E-state index in [9.17, 15) is 4.79 Å². The zero-order valence-corrected chi connectivity index (χ0v) is 10.7. The fraction of sp³-hybridized carbons (Fsp3) is 0.917. The zero-order valence-electron chi connectivity index (χ0n) is 10.7. The van der Waals surface area contributed by atoms with E-state index in [0.717, 1.165) is 12.8 Å². The highest BCUT2D eigenvalue weighted by molar-refractivity contribution is 5.76. The highest BCUT2D eigenvalue weighted by Gasteiger charge is 2.29. The molecule has 0 aromatic carbocycles. The second-order valence-electron chi connectivity index (χ2n) is 4.02. The molecule has 0 aliphatic heterocycles. The van der Waals surface area contributed by atoms with Crippen molar-refractivity contribution in [3.8, 4) is 0 Å². The van der Waals surface area contributed by atoms with E-state index in [1.807, 2.05) is 13.8 Å². The Hall–Kier alpha value is -0.650. The highest BCUT2D eigenvalue weighted by atomic mass is 16.5. The number of nitrogens with one attached hydrogen (secondary N) is 1. The van der Waals surface area contributed by atoms with Crippen LogP contribution in [0.2, 0.25) is 0 Å². The Balaban J connectivity index is 2.17. The number of hydrogen-bond donors (Lipinski definition) is 1. The van der Waals surface area contributed by atoms with Crippen LogP contribution < -0.4 is 5.32 Å². The van der Waals surface area contributed by atoms with Gasteiger partial charge in [0.05, 0.1) is 26.4 Å². The number of hydrogen-bond acceptors (Lipinski definition) is 5. The van der Waals surface area contributed by atoms with Crippen molar-refractivity contribution in [1.29, 1.82) is 0 Å². The summed E-state index contributed by atoms with van der Waals surface area (Å²) in [4.78, 5) is 11.6. The van der Waals surface area contributed by atoms with Crippen LogP contribution in [0.15, 0.2) is 0 Å². The van der Waals surface area contributed by atoms with Gasteiger partial charge in [0, 0.05) is 12.6 Å². The Morgan fingerprint density at radius 2 is 1.94 bits per heavy atom. The Morgan fingerprint density at radius 1 is 1.24 bits per heavy atom. The molecule has 0 spiro atoms. The maximum absolute atomic E-state index is 11.6. The highest BCUT2D eigenvalue weighted by Crippen LogP contribution is 2.19. The van der Waals surface area contributed by atoms with Crippen LogP contribution in [0.25, 0.3) is 0 Å². The maximum Gasteiger partial charge on any atom is 0.325 e. The zero-order chi connectivity index (χ0) is 12.5. The first kappa shape index (κ1) is 14.4. The molecule has 17 heavy (non-hydrogen) atoms. The average Bonchev–Trinajstić information content (AvgIpc) is 3.11. The van der Waals surface area contributed by atoms with Crippen LogP contribution >= 0.6 is 0 Å². The van der Waals surface area contributed by atoms with Gasteiger partial charge in [-0.2, -0.15) is 0 Å². The molecule has 0 bridgehead atoms. The summed E-state index contributed by atoms with van der Waals surface area (Å²) in [5.41, 5.74) is 0. The molecule has 1 unspecified atom stereocenters. The summed E-state index contributed by atoms with van der Waals surface area (Å²) in [5, 5.41) is 3.23. The van der Waals surface area contributed by atoms with Gasteiger partial charge in [-0.05, 0) is 26.7 Å². The minimum atomic E-state index is -0.343. The Labute approximate surface area is 103 Å². The summed E-state index contributed by atoms with van der Waals surface area (Å²) in [6.45, 7) is 6.26. The minimum Gasteiger partial charge on any atom is -0.465 e. The molecule has 1 rings (SSSR count). The van der Waals surface area contributed by atoms with Gasteiger partial charge in [0.15, 0.2) is 0 Å². The predicted octanol–water partition coefficient (Wildman–Crippen LogP) is 0.723. The van der Waals surface area contributed by atoms with Gasteiger partial charge in [-0.15, -0.1) is 0 Å². The number of esters is 1. The molecular weight excluding hydrogens is 222 g/mol. The number of carbonyl (C=O) groups is 1. The van der Waals surface area contributed by atoms with Gasteiger partial charge in [-0.25, -0.2) is 0 Å². The molecular formula is C12H23NO4. The molecule has 1 aliphatic rings. The molecule has 1 fully saturated rings. The number of rotatable bonds is 10. The summed E-state index contributed by atoms with van der Waals surface area (Å²) >= 11 is 0. The van der Waals surface area contributed by atoms with Crippen molar-refractivity contribution in [2.45, 2.75) is 38.8 Å². The second-order valence-corrected chi connectivity index (χ2v) is 4.02. The average molecular weight is 245 g/mol. The summed E-state index contributed by atoms with van der Waals surface area (Å²) in [5.74, 6) is -0.226. The molecule has 0 aromatic heterocycles. The monoisotopic (exact) mass is 245 g/mol. The molecule has 1 saturated carbocycles. The third kappa shape index (κ3) is 6.61. The summed E-state index contributed by atoms with van der Waals surface area (Å²) < 4.78 is 15.6. The van der Waals surface area contributed by atoms with Gasteiger partial charge in [-0.1, -0.05) is 0 Å². The largest absolute Gasteiger partial charge is 0.465 e. The lowest BCUT2D eigenvalue weighted by Gasteiger charge is -2.17. The lowest BCUT2D eigenvalue weighted by molar-refractivity contribution is -0.147. The topological polar surface area (TPSA) is 56.8 Å². The molecule has 1 atom stereocenters. The van der Waals surface area contributed by atoms with Gasteiger partial charge in [0.2, 0.25) is 0 Å². The number of ether oxygens (including phenoxy) is 3. The molecule has 1 N–H and O–H groups in total. The molecule has 0 aromatic rings. The van der Waals surface area contributed by atoms with E-state index in [2.05, 4.69) is 5.32 Å². The Kier molecular flexibility index (Phi) is 7.16. The van der Waals surface area contributed by atoms with Crippen LogP contribution in [-0.2, 0) is 19.0 Å². The third-order valence-electron chi connectivity index (χ3n) is 2.45. The third-order valence-corrected chi connectivity index (χ3v) is 2.45. The molecule has 5 heteroatoms. The van der Waals surface area contributed by atoms with Crippen molar-refractivity contribution in [3.63, 3.8) is 0 Å². The molecule has 0 amide bonds. The maximum atomic E-state index is 11.6. The van der Waals surface area contributed by atoms with E-state index < -0.39 is 0 Å².